The summed E-state index contributed by atoms with van der Waals surface area (Å²) >= 11 is 0. The van der Waals surface area contributed by atoms with Crippen LogP contribution in [0.5, 0.6) is 0 Å². The van der Waals surface area contributed by atoms with Crippen molar-refractivity contribution >= 4 is 0 Å². The summed E-state index contributed by atoms with van der Waals surface area (Å²) in [5.74, 6) is 1.83. The largest absolute Gasteiger partial charge is 0.496 e. The van der Waals surface area contributed by atoms with Crippen molar-refractivity contribution in [2.24, 2.45) is 5.92 Å². The summed E-state index contributed by atoms with van der Waals surface area (Å²) in [6.45, 7) is 2.88. The highest BCUT2D eigenvalue weighted by Gasteiger charge is 2.21. The molecule has 1 rings (SSSR count). The Morgan fingerprint density at radius 3 is 2.90 bits per heavy atom. The van der Waals surface area contributed by atoms with Gasteiger partial charge in [-0.25, -0.2) is 0 Å². The van der Waals surface area contributed by atoms with E-state index >= 15 is 0 Å². The predicted molar refractivity (Wildman–Crippen MR) is 41.5 cm³/mol. The molecule has 0 aliphatic heterocycles. The van der Waals surface area contributed by atoms with Gasteiger partial charge in [0.1, 0.15) is 5.76 Å². The Labute approximate surface area is 62.3 Å². The number of allylic oxidation sites excluding steroid dienone is 1. The minimum Gasteiger partial charge on any atom is -0.496 e. The van der Waals surface area contributed by atoms with Gasteiger partial charge < -0.3 is 10.1 Å². The lowest BCUT2D eigenvalue weighted by atomic mass is 10.5. The Morgan fingerprint density at radius 1 is 1.70 bits per heavy atom. The number of rotatable bonds is 4. The molecule has 1 saturated carbocycles. The standard InChI is InChI=1S/C8H15NO/c1-7(5-9-2)10-6-8-3-4-8/h5,8-9H,3-4,6H2,1-2H3/b7-5+. The van der Waals surface area contributed by atoms with E-state index in [1.54, 1.807) is 0 Å². The van der Waals surface area contributed by atoms with Gasteiger partial charge in [-0.3, -0.25) is 0 Å². The molecular weight excluding hydrogens is 126 g/mol. The van der Waals surface area contributed by atoms with E-state index in [2.05, 4.69) is 5.32 Å². The summed E-state index contributed by atoms with van der Waals surface area (Å²) in [5, 5.41) is 2.92. The fourth-order valence-corrected chi connectivity index (χ4v) is 0.779. The number of nitrogens with one attached hydrogen (secondary N) is 1. The second-order valence-electron chi connectivity index (χ2n) is 2.80. The smallest absolute Gasteiger partial charge is 0.108 e. The third kappa shape index (κ3) is 2.76. The Hall–Kier alpha value is -0.660. The van der Waals surface area contributed by atoms with Crippen LogP contribution in [0.2, 0.25) is 0 Å². The third-order valence-electron chi connectivity index (χ3n) is 1.59. The molecule has 1 fully saturated rings. The molecule has 0 spiro atoms. The highest BCUT2D eigenvalue weighted by molar-refractivity contribution is 4.86. The van der Waals surface area contributed by atoms with Gasteiger partial charge in [-0.1, -0.05) is 0 Å². The molecule has 0 heterocycles. The second kappa shape index (κ2) is 3.49. The van der Waals surface area contributed by atoms with Crippen molar-refractivity contribution < 1.29 is 4.74 Å². The lowest BCUT2D eigenvalue weighted by Gasteiger charge is -2.03. The molecule has 0 unspecified atom stereocenters. The number of hydrogen-bond donors (Lipinski definition) is 1. The summed E-state index contributed by atoms with van der Waals surface area (Å²) in [5.41, 5.74) is 0. The van der Waals surface area contributed by atoms with E-state index in [4.69, 9.17) is 4.74 Å². The first kappa shape index (κ1) is 7.45. The first-order valence-corrected chi connectivity index (χ1v) is 3.79. The summed E-state index contributed by atoms with van der Waals surface area (Å²) in [4.78, 5) is 0. The lowest BCUT2D eigenvalue weighted by Crippen LogP contribution is -1.99. The molecule has 2 heteroatoms. The maximum absolute atomic E-state index is 5.40. The third-order valence-corrected chi connectivity index (χ3v) is 1.59. The highest BCUT2D eigenvalue weighted by Crippen LogP contribution is 2.29. The van der Waals surface area contributed by atoms with Crippen LogP contribution in [0.3, 0.4) is 0 Å². The molecule has 0 amide bonds. The Balaban J connectivity index is 2.04. The average molecular weight is 141 g/mol. The van der Waals surface area contributed by atoms with Crippen LogP contribution >= 0.6 is 0 Å². The SMILES string of the molecule is CN/C=C(\C)OCC1CC1. The molecule has 0 atom stereocenters. The van der Waals surface area contributed by atoms with Crippen LogP contribution in [0.25, 0.3) is 0 Å². The van der Waals surface area contributed by atoms with Crippen molar-refractivity contribution in [3.63, 3.8) is 0 Å². The number of hydrogen-bond acceptors (Lipinski definition) is 2. The predicted octanol–water partition coefficient (Wildman–Crippen LogP) is 1.49. The summed E-state index contributed by atoms with van der Waals surface area (Å²) in [7, 11) is 1.88. The molecule has 10 heavy (non-hydrogen) atoms. The Kier molecular flexibility index (Phi) is 2.60. The van der Waals surface area contributed by atoms with Gasteiger partial charge in [0, 0.05) is 13.2 Å². The van der Waals surface area contributed by atoms with Gasteiger partial charge in [0.25, 0.3) is 0 Å². The van der Waals surface area contributed by atoms with Crippen molar-refractivity contribution in [2.45, 2.75) is 19.8 Å². The molecule has 1 N–H and O–H groups in total. The fraction of sp³-hybridized carbons (Fsp3) is 0.750. The van der Waals surface area contributed by atoms with Gasteiger partial charge in [0.2, 0.25) is 0 Å². The molecule has 0 bridgehead atoms. The summed E-state index contributed by atoms with van der Waals surface area (Å²) < 4.78 is 5.40. The number of ether oxygens (including phenoxy) is 1. The highest BCUT2D eigenvalue weighted by atomic mass is 16.5. The van der Waals surface area contributed by atoms with Gasteiger partial charge in [-0.15, -0.1) is 0 Å². The van der Waals surface area contributed by atoms with Crippen LogP contribution in [-0.2, 0) is 4.74 Å². The minimum absolute atomic E-state index is 0.847. The van der Waals surface area contributed by atoms with Crippen molar-refractivity contribution in [3.8, 4) is 0 Å². The molecule has 0 saturated heterocycles. The van der Waals surface area contributed by atoms with E-state index in [9.17, 15) is 0 Å². The molecule has 1 aliphatic carbocycles. The van der Waals surface area contributed by atoms with E-state index < -0.39 is 0 Å². The van der Waals surface area contributed by atoms with Crippen molar-refractivity contribution in [1.29, 1.82) is 0 Å². The zero-order valence-electron chi connectivity index (χ0n) is 6.68. The van der Waals surface area contributed by atoms with Crippen LogP contribution in [-0.4, -0.2) is 13.7 Å². The Bertz CT molecular complexity index is 127. The van der Waals surface area contributed by atoms with Crippen molar-refractivity contribution in [2.75, 3.05) is 13.7 Å². The van der Waals surface area contributed by atoms with Gasteiger partial charge in [0.05, 0.1) is 6.61 Å². The van der Waals surface area contributed by atoms with Crippen LogP contribution in [0.1, 0.15) is 19.8 Å². The molecule has 1 aliphatic rings. The average Bonchev–Trinajstić information content (AvgIpc) is 2.67. The summed E-state index contributed by atoms with van der Waals surface area (Å²) in [6, 6.07) is 0. The first-order chi connectivity index (χ1) is 4.83. The van der Waals surface area contributed by atoms with E-state index in [1.165, 1.54) is 12.8 Å². The topological polar surface area (TPSA) is 21.3 Å². The lowest BCUT2D eigenvalue weighted by molar-refractivity contribution is 0.199. The van der Waals surface area contributed by atoms with E-state index in [0.29, 0.717) is 0 Å². The van der Waals surface area contributed by atoms with E-state index in [1.807, 2.05) is 20.2 Å². The van der Waals surface area contributed by atoms with Crippen LogP contribution in [0.4, 0.5) is 0 Å². The maximum Gasteiger partial charge on any atom is 0.108 e. The van der Waals surface area contributed by atoms with Crippen molar-refractivity contribution in [1.82, 2.24) is 5.32 Å². The van der Waals surface area contributed by atoms with Gasteiger partial charge in [-0.05, 0) is 25.7 Å². The normalized spacial score (nSPS) is 18.8. The molecule has 2 nitrogen and oxygen atoms in total. The van der Waals surface area contributed by atoms with Crippen LogP contribution in [0, 0.1) is 5.92 Å². The first-order valence-electron chi connectivity index (χ1n) is 3.79. The fourth-order valence-electron chi connectivity index (χ4n) is 0.779. The zero-order valence-corrected chi connectivity index (χ0v) is 6.68. The maximum atomic E-state index is 5.40. The molecule has 58 valence electrons. The van der Waals surface area contributed by atoms with Gasteiger partial charge >= 0.3 is 0 Å². The van der Waals surface area contributed by atoms with Gasteiger partial charge in [0.15, 0.2) is 0 Å². The van der Waals surface area contributed by atoms with Crippen LogP contribution in [0.15, 0.2) is 12.0 Å². The van der Waals surface area contributed by atoms with E-state index in [-0.39, 0.29) is 0 Å². The van der Waals surface area contributed by atoms with Crippen molar-refractivity contribution in [3.05, 3.63) is 12.0 Å². The molecular formula is C8H15NO. The van der Waals surface area contributed by atoms with Gasteiger partial charge in [-0.2, -0.15) is 0 Å². The zero-order chi connectivity index (χ0) is 7.40. The minimum atomic E-state index is 0.847. The molecule has 0 aromatic rings. The second-order valence-corrected chi connectivity index (χ2v) is 2.80. The van der Waals surface area contributed by atoms with Crippen LogP contribution < -0.4 is 5.32 Å². The monoisotopic (exact) mass is 141 g/mol. The summed E-state index contributed by atoms with van der Waals surface area (Å²) in [6.07, 6.45) is 4.59. The molecule has 0 radical (unpaired) electrons. The Morgan fingerprint density at radius 2 is 2.40 bits per heavy atom. The van der Waals surface area contributed by atoms with E-state index in [0.717, 1.165) is 18.3 Å². The quantitative estimate of drug-likeness (QED) is 0.599. The molecule has 0 aromatic heterocycles. The molecule has 0 aromatic carbocycles.